The van der Waals surface area contributed by atoms with Crippen molar-refractivity contribution in [3.05, 3.63) is 54.5 Å². The van der Waals surface area contributed by atoms with Gasteiger partial charge in [-0.3, -0.25) is 4.98 Å². The van der Waals surface area contributed by atoms with Crippen LogP contribution in [0.2, 0.25) is 0 Å². The van der Waals surface area contributed by atoms with Crippen LogP contribution in [0.4, 0.5) is 11.8 Å². The summed E-state index contributed by atoms with van der Waals surface area (Å²) in [6.45, 7) is 4.83. The van der Waals surface area contributed by atoms with Crippen LogP contribution in [0.1, 0.15) is 51.1 Å². The number of nitrogens with zero attached hydrogens (tertiary/aromatic N) is 5. The molecule has 1 aromatic carbocycles. The Morgan fingerprint density at radius 3 is 2.64 bits per heavy atom. The summed E-state index contributed by atoms with van der Waals surface area (Å²) in [6, 6.07) is 12.9. The fraction of sp³-hybridized carbons (Fsp3) is 0.407. The van der Waals surface area contributed by atoms with Crippen LogP contribution in [0, 0.1) is 0 Å². The Bertz CT molecular complexity index is 1310. The predicted molar refractivity (Wildman–Crippen MR) is 143 cm³/mol. The third kappa shape index (κ3) is 5.26. The van der Waals surface area contributed by atoms with E-state index in [1.54, 1.807) is 7.11 Å². The lowest BCUT2D eigenvalue weighted by Gasteiger charge is -2.27. The number of nitrogens with one attached hydrogen (secondary N) is 2. The first-order chi connectivity index (χ1) is 17.5. The van der Waals surface area contributed by atoms with Gasteiger partial charge < -0.3 is 25.7 Å². The Morgan fingerprint density at radius 2 is 1.92 bits per heavy atom. The van der Waals surface area contributed by atoms with Gasteiger partial charge in [0.15, 0.2) is 17.0 Å². The van der Waals surface area contributed by atoms with E-state index in [4.69, 9.17) is 20.4 Å². The Kier molecular flexibility index (Phi) is 6.99. The first kappa shape index (κ1) is 24.0. The van der Waals surface area contributed by atoms with E-state index < -0.39 is 0 Å². The highest BCUT2D eigenvalue weighted by atomic mass is 16.5. The van der Waals surface area contributed by atoms with Crippen molar-refractivity contribution in [2.45, 2.75) is 64.2 Å². The van der Waals surface area contributed by atoms with Crippen molar-refractivity contribution in [2.75, 3.05) is 17.7 Å². The lowest BCUT2D eigenvalue weighted by atomic mass is 9.92. The highest BCUT2D eigenvalue weighted by Crippen LogP contribution is 2.27. The van der Waals surface area contributed by atoms with E-state index in [1.165, 1.54) is 0 Å². The lowest BCUT2D eigenvalue weighted by Crippen LogP contribution is -2.33. The zero-order chi connectivity index (χ0) is 25.1. The minimum atomic E-state index is 0.242. The van der Waals surface area contributed by atoms with Crippen molar-refractivity contribution in [3.63, 3.8) is 0 Å². The molecule has 1 aliphatic carbocycles. The topological polar surface area (TPSA) is 116 Å². The average Bonchev–Trinajstić information content (AvgIpc) is 3.33. The molecule has 188 valence electrons. The quantitative estimate of drug-likeness (QED) is 0.326. The third-order valence-corrected chi connectivity index (χ3v) is 6.73. The van der Waals surface area contributed by atoms with Crippen molar-refractivity contribution < 1.29 is 4.74 Å². The number of aromatic nitrogens is 5. The fourth-order valence-corrected chi connectivity index (χ4v) is 4.60. The summed E-state index contributed by atoms with van der Waals surface area (Å²) < 4.78 is 7.41. The Morgan fingerprint density at radius 1 is 1.08 bits per heavy atom. The summed E-state index contributed by atoms with van der Waals surface area (Å²) in [5, 5.41) is 7.01. The van der Waals surface area contributed by atoms with E-state index in [-0.39, 0.29) is 6.04 Å². The van der Waals surface area contributed by atoms with Crippen LogP contribution in [0.3, 0.4) is 0 Å². The highest BCUT2D eigenvalue weighted by molar-refractivity contribution is 5.84. The molecule has 4 N–H and O–H groups in total. The maximum atomic E-state index is 6.09. The van der Waals surface area contributed by atoms with Crippen LogP contribution in [0.5, 0.6) is 5.75 Å². The number of pyridine rings is 1. The maximum absolute atomic E-state index is 6.09. The number of hydrogen-bond acceptors (Lipinski definition) is 8. The number of imidazole rings is 1. The first-order valence-electron chi connectivity index (χ1n) is 12.6. The molecule has 36 heavy (non-hydrogen) atoms. The maximum Gasteiger partial charge on any atom is 0.227 e. The second-order valence-corrected chi connectivity index (χ2v) is 9.71. The van der Waals surface area contributed by atoms with E-state index in [9.17, 15) is 0 Å². The lowest BCUT2D eigenvalue weighted by molar-refractivity contribution is 0.410. The van der Waals surface area contributed by atoms with Crippen molar-refractivity contribution in [3.8, 4) is 17.0 Å². The molecule has 1 fully saturated rings. The van der Waals surface area contributed by atoms with Crippen LogP contribution in [-0.2, 0) is 6.54 Å². The number of methoxy groups -OCH3 is 1. The molecule has 1 saturated carbocycles. The second-order valence-electron chi connectivity index (χ2n) is 9.71. The van der Waals surface area contributed by atoms with Crippen molar-refractivity contribution in [1.29, 1.82) is 0 Å². The van der Waals surface area contributed by atoms with Gasteiger partial charge in [0, 0.05) is 36.4 Å². The number of hydrogen-bond donors (Lipinski definition) is 3. The third-order valence-electron chi connectivity index (χ3n) is 6.73. The molecule has 0 saturated heterocycles. The molecule has 0 bridgehead atoms. The Labute approximate surface area is 211 Å². The number of rotatable bonds is 8. The zero-order valence-electron chi connectivity index (χ0n) is 21.1. The van der Waals surface area contributed by atoms with Gasteiger partial charge in [0.25, 0.3) is 0 Å². The van der Waals surface area contributed by atoms with Gasteiger partial charge in [-0.1, -0.05) is 18.2 Å². The molecular weight excluding hydrogens is 452 g/mol. The van der Waals surface area contributed by atoms with Gasteiger partial charge in [0.05, 0.1) is 19.1 Å². The fourth-order valence-electron chi connectivity index (χ4n) is 4.60. The van der Waals surface area contributed by atoms with Crippen LogP contribution in [-0.4, -0.2) is 43.7 Å². The molecule has 5 rings (SSSR count). The van der Waals surface area contributed by atoms with E-state index >= 15 is 0 Å². The second kappa shape index (κ2) is 10.5. The summed E-state index contributed by atoms with van der Waals surface area (Å²) >= 11 is 0. The molecular formula is C27H34N8O. The van der Waals surface area contributed by atoms with Crippen molar-refractivity contribution >= 4 is 22.9 Å². The molecule has 0 unspecified atom stereocenters. The van der Waals surface area contributed by atoms with Crippen LogP contribution in [0.25, 0.3) is 22.4 Å². The van der Waals surface area contributed by atoms with Gasteiger partial charge in [-0.25, -0.2) is 4.98 Å². The standard InChI is InChI=1S/C27H34N8O/c1-17(2)35-16-31-24-25(33-27(34-26(24)35)32-21-10-8-20(28)9-11-21)30-15-18-7-12-23(29-14-18)19-5-4-6-22(13-19)36-3/h4-7,12-14,16-17,20-21H,8-11,15,28H2,1-3H3,(H2,30,32,33,34). The molecule has 0 aliphatic heterocycles. The number of fused-ring (bicyclic) bond motifs is 1. The largest absolute Gasteiger partial charge is 0.497 e. The van der Waals surface area contributed by atoms with Gasteiger partial charge in [0.2, 0.25) is 5.95 Å². The van der Waals surface area contributed by atoms with Gasteiger partial charge in [-0.2, -0.15) is 9.97 Å². The van der Waals surface area contributed by atoms with Gasteiger partial charge in [0.1, 0.15) is 5.75 Å². The van der Waals surface area contributed by atoms with Crippen LogP contribution >= 0.6 is 0 Å². The average molecular weight is 487 g/mol. The molecule has 9 nitrogen and oxygen atoms in total. The SMILES string of the molecule is COc1cccc(-c2ccc(CNc3nc(NC4CCC(N)CC4)nc4c3ncn4C(C)C)cn2)c1. The molecule has 0 atom stereocenters. The minimum Gasteiger partial charge on any atom is -0.497 e. The number of nitrogens with two attached hydrogens (primary N) is 1. The molecule has 9 heteroatoms. The number of anilines is 2. The molecule has 0 spiro atoms. The smallest absolute Gasteiger partial charge is 0.227 e. The van der Waals surface area contributed by atoms with E-state index in [1.807, 2.05) is 42.9 Å². The van der Waals surface area contributed by atoms with E-state index in [0.717, 1.165) is 59.4 Å². The number of benzene rings is 1. The molecule has 3 heterocycles. The zero-order valence-corrected chi connectivity index (χ0v) is 21.1. The summed E-state index contributed by atoms with van der Waals surface area (Å²) in [7, 11) is 1.67. The van der Waals surface area contributed by atoms with Gasteiger partial charge in [-0.05, 0) is 63.3 Å². The minimum absolute atomic E-state index is 0.242. The monoisotopic (exact) mass is 486 g/mol. The van der Waals surface area contributed by atoms with E-state index in [0.29, 0.717) is 30.4 Å². The van der Waals surface area contributed by atoms with E-state index in [2.05, 4.69) is 45.1 Å². The van der Waals surface area contributed by atoms with Gasteiger partial charge >= 0.3 is 0 Å². The van der Waals surface area contributed by atoms with Crippen molar-refractivity contribution in [1.82, 2.24) is 24.5 Å². The molecule has 1 aliphatic rings. The van der Waals surface area contributed by atoms with Crippen LogP contribution < -0.4 is 21.1 Å². The molecule has 4 aromatic rings. The Balaban J connectivity index is 1.36. The first-order valence-corrected chi connectivity index (χ1v) is 12.6. The summed E-state index contributed by atoms with van der Waals surface area (Å²) in [5.74, 6) is 2.15. The Hall–Kier alpha value is -3.72. The summed E-state index contributed by atoms with van der Waals surface area (Å²) in [4.78, 5) is 18.9. The predicted octanol–water partition coefficient (Wildman–Crippen LogP) is 4.77. The normalized spacial score (nSPS) is 17.9. The highest BCUT2D eigenvalue weighted by Gasteiger charge is 2.21. The molecule has 3 aromatic heterocycles. The molecule has 0 amide bonds. The number of ether oxygens (including phenoxy) is 1. The summed E-state index contributed by atoms with van der Waals surface area (Å²) in [5.41, 5.74) is 10.6. The molecule has 0 radical (unpaired) electrons. The van der Waals surface area contributed by atoms with Gasteiger partial charge in [-0.15, -0.1) is 0 Å². The van der Waals surface area contributed by atoms with Crippen molar-refractivity contribution in [2.24, 2.45) is 5.73 Å². The summed E-state index contributed by atoms with van der Waals surface area (Å²) in [6.07, 6.45) is 7.82. The van der Waals surface area contributed by atoms with Crippen LogP contribution in [0.15, 0.2) is 48.9 Å².